The minimum atomic E-state index is -0.126. The second-order valence-electron chi connectivity index (χ2n) is 16.1. The molecule has 0 heterocycles. The van der Waals surface area contributed by atoms with E-state index in [1.165, 1.54) is 100 Å². The second-order valence-corrected chi connectivity index (χ2v) is 16.1. The van der Waals surface area contributed by atoms with Gasteiger partial charge in [0.15, 0.2) is 0 Å². The molecule has 0 aliphatic heterocycles. The first-order valence-electron chi connectivity index (χ1n) is 19.2. The Morgan fingerprint density at radius 3 is 1.00 bits per heavy atom. The molecule has 8 aromatic rings. The standard InChI is InChI=1S/C54H42/c1-53(2)49-31-39(38-19-13-18-37(30-38)35-14-7-5-8-15-35)22-26-45(49)46-27-23-40(32-50(46)53)41-24-28-47-48-29-25-42(34-52(48)54(3,4)51(47)33-41)44-21-12-11-20-43(44)36-16-9-6-10-17-36/h5-34H,1-4H3. The Kier molecular flexibility index (Phi) is 7.29. The van der Waals surface area contributed by atoms with Crippen LogP contribution in [0.15, 0.2) is 182 Å². The number of rotatable bonds is 5. The fourth-order valence-corrected chi connectivity index (χ4v) is 9.29. The van der Waals surface area contributed by atoms with Crippen LogP contribution in [-0.2, 0) is 10.8 Å². The Labute approximate surface area is 319 Å². The molecule has 8 aromatic carbocycles. The van der Waals surface area contributed by atoms with Crippen LogP contribution < -0.4 is 0 Å². The predicted octanol–water partition coefficient (Wildman–Crippen LogP) is 14.6. The van der Waals surface area contributed by atoms with Gasteiger partial charge in [0.25, 0.3) is 0 Å². The van der Waals surface area contributed by atoms with Crippen LogP contribution in [0.25, 0.3) is 77.9 Å². The van der Waals surface area contributed by atoms with E-state index in [2.05, 4.69) is 210 Å². The topological polar surface area (TPSA) is 0 Å². The van der Waals surface area contributed by atoms with Crippen molar-refractivity contribution in [2.24, 2.45) is 0 Å². The maximum Gasteiger partial charge on any atom is 0.0159 e. The van der Waals surface area contributed by atoms with Gasteiger partial charge in [0.2, 0.25) is 0 Å². The van der Waals surface area contributed by atoms with Crippen molar-refractivity contribution in [1.29, 1.82) is 0 Å². The van der Waals surface area contributed by atoms with E-state index >= 15 is 0 Å². The molecule has 2 aliphatic carbocycles. The van der Waals surface area contributed by atoms with Crippen molar-refractivity contribution >= 4 is 0 Å². The van der Waals surface area contributed by atoms with Crippen LogP contribution in [0.4, 0.5) is 0 Å². The summed E-state index contributed by atoms with van der Waals surface area (Å²) < 4.78 is 0. The lowest BCUT2D eigenvalue weighted by Crippen LogP contribution is -2.15. The largest absolute Gasteiger partial charge is 0.0622 e. The zero-order valence-corrected chi connectivity index (χ0v) is 31.3. The van der Waals surface area contributed by atoms with Crippen molar-refractivity contribution in [2.75, 3.05) is 0 Å². The summed E-state index contributed by atoms with van der Waals surface area (Å²) in [5.74, 6) is 0. The summed E-state index contributed by atoms with van der Waals surface area (Å²) in [5.41, 5.74) is 23.3. The van der Waals surface area contributed by atoms with Gasteiger partial charge in [0.1, 0.15) is 0 Å². The Bertz CT molecular complexity index is 2740. The Morgan fingerprint density at radius 1 is 0.222 bits per heavy atom. The summed E-state index contributed by atoms with van der Waals surface area (Å²) in [7, 11) is 0. The summed E-state index contributed by atoms with van der Waals surface area (Å²) in [6.45, 7) is 9.57. The van der Waals surface area contributed by atoms with Crippen LogP contribution in [0, 0.1) is 0 Å². The highest BCUT2D eigenvalue weighted by molar-refractivity contribution is 5.90. The summed E-state index contributed by atoms with van der Waals surface area (Å²) in [5, 5.41) is 0. The van der Waals surface area contributed by atoms with Crippen LogP contribution in [0.1, 0.15) is 49.9 Å². The fourth-order valence-electron chi connectivity index (χ4n) is 9.29. The molecule has 2 aliphatic rings. The molecule has 0 unspecified atom stereocenters. The van der Waals surface area contributed by atoms with Crippen LogP contribution in [-0.4, -0.2) is 0 Å². The molecule has 54 heavy (non-hydrogen) atoms. The maximum atomic E-state index is 2.46. The van der Waals surface area contributed by atoms with Gasteiger partial charge in [-0.1, -0.05) is 179 Å². The Morgan fingerprint density at radius 2 is 0.537 bits per heavy atom. The van der Waals surface area contributed by atoms with Gasteiger partial charge in [-0.2, -0.15) is 0 Å². The molecule has 0 aromatic heterocycles. The zero-order valence-electron chi connectivity index (χ0n) is 31.3. The number of hydrogen-bond acceptors (Lipinski definition) is 0. The molecule has 0 amide bonds. The highest BCUT2D eigenvalue weighted by atomic mass is 14.4. The van der Waals surface area contributed by atoms with Crippen LogP contribution in [0.2, 0.25) is 0 Å². The first-order valence-corrected chi connectivity index (χ1v) is 19.2. The number of benzene rings is 8. The fraction of sp³-hybridized carbons (Fsp3) is 0.111. The molecule has 0 N–H and O–H groups in total. The molecule has 0 spiro atoms. The van der Waals surface area contributed by atoms with Crippen molar-refractivity contribution in [3.8, 4) is 77.9 Å². The van der Waals surface area contributed by atoms with Gasteiger partial charge in [-0.3, -0.25) is 0 Å². The average molecular weight is 691 g/mol. The molecular formula is C54H42. The van der Waals surface area contributed by atoms with Gasteiger partial charge in [0, 0.05) is 10.8 Å². The third-order valence-corrected chi connectivity index (χ3v) is 12.3. The van der Waals surface area contributed by atoms with E-state index in [1.807, 2.05) is 0 Å². The van der Waals surface area contributed by atoms with Gasteiger partial charge in [0.05, 0.1) is 0 Å². The second kappa shape index (κ2) is 12.2. The van der Waals surface area contributed by atoms with Gasteiger partial charge >= 0.3 is 0 Å². The Hall–Kier alpha value is -6.24. The maximum absolute atomic E-state index is 2.46. The summed E-state index contributed by atoms with van der Waals surface area (Å²) in [4.78, 5) is 0. The van der Waals surface area contributed by atoms with Gasteiger partial charge in [-0.15, -0.1) is 0 Å². The molecule has 0 radical (unpaired) electrons. The Balaban J connectivity index is 0.984. The number of hydrogen-bond donors (Lipinski definition) is 0. The highest BCUT2D eigenvalue weighted by Crippen LogP contribution is 2.53. The van der Waals surface area contributed by atoms with E-state index < -0.39 is 0 Å². The smallest absolute Gasteiger partial charge is 0.0159 e. The zero-order chi connectivity index (χ0) is 36.6. The van der Waals surface area contributed by atoms with Crippen molar-refractivity contribution < 1.29 is 0 Å². The molecule has 0 nitrogen and oxygen atoms in total. The van der Waals surface area contributed by atoms with Crippen molar-refractivity contribution in [1.82, 2.24) is 0 Å². The third kappa shape index (κ3) is 5.05. The van der Waals surface area contributed by atoms with Crippen molar-refractivity contribution in [3.63, 3.8) is 0 Å². The molecule has 0 saturated carbocycles. The molecule has 0 saturated heterocycles. The number of fused-ring (bicyclic) bond motifs is 6. The monoisotopic (exact) mass is 690 g/mol. The van der Waals surface area contributed by atoms with E-state index in [9.17, 15) is 0 Å². The lowest BCUT2D eigenvalue weighted by atomic mass is 9.79. The predicted molar refractivity (Wildman–Crippen MR) is 229 cm³/mol. The van der Waals surface area contributed by atoms with Gasteiger partial charge in [-0.25, -0.2) is 0 Å². The molecule has 0 fully saturated rings. The third-order valence-electron chi connectivity index (χ3n) is 12.3. The first kappa shape index (κ1) is 32.4. The molecule has 10 rings (SSSR count). The normalized spacial score (nSPS) is 14.2. The molecular weight excluding hydrogens is 649 g/mol. The SMILES string of the molecule is CC1(C)c2cc(-c3cccc(-c4ccccc4)c3)ccc2-c2ccc(-c3ccc4c(c3)C(C)(C)c3cc(-c5ccccc5-c5ccccc5)ccc3-4)cc21. The molecule has 0 atom stereocenters. The van der Waals surface area contributed by atoms with Gasteiger partial charge < -0.3 is 0 Å². The summed E-state index contributed by atoms with van der Waals surface area (Å²) in [6.07, 6.45) is 0. The lowest BCUT2D eigenvalue weighted by molar-refractivity contribution is 0.660. The summed E-state index contributed by atoms with van der Waals surface area (Å²) >= 11 is 0. The van der Waals surface area contributed by atoms with Crippen molar-refractivity contribution in [2.45, 2.75) is 38.5 Å². The van der Waals surface area contributed by atoms with Crippen LogP contribution in [0.5, 0.6) is 0 Å². The van der Waals surface area contributed by atoms with Crippen molar-refractivity contribution in [3.05, 3.63) is 204 Å². The van der Waals surface area contributed by atoms with Gasteiger partial charge in [-0.05, 0) is 130 Å². The highest BCUT2D eigenvalue weighted by Gasteiger charge is 2.38. The quantitative estimate of drug-likeness (QED) is 0.169. The minimum Gasteiger partial charge on any atom is -0.0622 e. The minimum absolute atomic E-state index is 0.119. The van der Waals surface area contributed by atoms with Crippen LogP contribution >= 0.6 is 0 Å². The van der Waals surface area contributed by atoms with E-state index in [1.54, 1.807) is 0 Å². The van der Waals surface area contributed by atoms with Crippen LogP contribution in [0.3, 0.4) is 0 Å². The first-order chi connectivity index (χ1) is 26.3. The lowest BCUT2D eigenvalue weighted by Gasteiger charge is -2.24. The van der Waals surface area contributed by atoms with E-state index in [-0.39, 0.29) is 10.8 Å². The average Bonchev–Trinajstić information content (AvgIpc) is 3.59. The van der Waals surface area contributed by atoms with E-state index in [0.717, 1.165) is 0 Å². The molecule has 0 bridgehead atoms. The summed E-state index contributed by atoms with van der Waals surface area (Å²) in [6, 6.07) is 67.6. The van der Waals surface area contributed by atoms with E-state index in [0.29, 0.717) is 0 Å². The molecule has 258 valence electrons. The molecule has 0 heteroatoms. The van der Waals surface area contributed by atoms with E-state index in [4.69, 9.17) is 0 Å².